The van der Waals surface area contributed by atoms with E-state index in [1.54, 1.807) is 0 Å². The summed E-state index contributed by atoms with van der Waals surface area (Å²) >= 11 is 0. The van der Waals surface area contributed by atoms with Crippen molar-refractivity contribution in [1.29, 1.82) is 0 Å². The Balaban J connectivity index is 3.52. The van der Waals surface area contributed by atoms with Gasteiger partial charge in [-0.05, 0) is 32.6 Å². The second-order valence-electron chi connectivity index (χ2n) is 11.5. The molecule has 0 saturated heterocycles. The Labute approximate surface area is 205 Å². The van der Waals surface area contributed by atoms with Crippen LogP contribution in [0.4, 0.5) is 0 Å². The SMILES string of the molecule is CCCCCCCCCCCCCCCCCC(CCCCCCCCCC)C(C)(C)N. The van der Waals surface area contributed by atoms with E-state index in [0.717, 1.165) is 0 Å². The predicted molar refractivity (Wildman–Crippen MR) is 149 cm³/mol. The maximum atomic E-state index is 6.54. The van der Waals surface area contributed by atoms with E-state index in [1.165, 1.54) is 161 Å². The van der Waals surface area contributed by atoms with Crippen LogP contribution < -0.4 is 5.73 Å². The lowest BCUT2D eigenvalue weighted by atomic mass is 9.80. The number of hydrogen-bond acceptors (Lipinski definition) is 1. The summed E-state index contributed by atoms with van der Waals surface area (Å²) in [6.45, 7) is 9.12. The van der Waals surface area contributed by atoms with Crippen molar-refractivity contribution >= 4 is 0 Å². The Bertz CT molecular complexity index is 343. The smallest absolute Gasteiger partial charge is 0.0125 e. The first-order valence-corrected chi connectivity index (χ1v) is 15.3. The van der Waals surface area contributed by atoms with Gasteiger partial charge in [0.2, 0.25) is 0 Å². The summed E-state index contributed by atoms with van der Waals surface area (Å²) in [5, 5.41) is 0. The second-order valence-corrected chi connectivity index (χ2v) is 11.5. The van der Waals surface area contributed by atoms with Crippen LogP contribution in [-0.2, 0) is 0 Å². The van der Waals surface area contributed by atoms with Gasteiger partial charge in [0.15, 0.2) is 0 Å². The predicted octanol–water partition coefficient (Wildman–Crippen LogP) is 11.1. The highest BCUT2D eigenvalue weighted by molar-refractivity contribution is 4.82. The second kappa shape index (κ2) is 24.1. The summed E-state index contributed by atoms with van der Waals surface area (Å²) in [6, 6.07) is 0. The van der Waals surface area contributed by atoms with Crippen molar-refractivity contribution in [3.8, 4) is 0 Å². The van der Waals surface area contributed by atoms with E-state index in [0.29, 0.717) is 5.92 Å². The Morgan fingerprint density at radius 2 is 0.625 bits per heavy atom. The molecule has 0 spiro atoms. The standard InChI is InChI=1S/C31H65N/c1-5-7-9-11-13-15-16-17-18-19-20-21-23-25-27-29-30(31(3,4)32)28-26-24-22-14-12-10-8-6-2/h30H,5-29,32H2,1-4H3. The fraction of sp³-hybridized carbons (Fsp3) is 1.00. The van der Waals surface area contributed by atoms with Gasteiger partial charge in [-0.25, -0.2) is 0 Å². The highest BCUT2D eigenvalue weighted by Gasteiger charge is 2.23. The van der Waals surface area contributed by atoms with Crippen molar-refractivity contribution in [3.05, 3.63) is 0 Å². The van der Waals surface area contributed by atoms with Gasteiger partial charge in [0.25, 0.3) is 0 Å². The van der Waals surface area contributed by atoms with Gasteiger partial charge < -0.3 is 5.73 Å². The molecule has 0 fully saturated rings. The zero-order chi connectivity index (χ0) is 23.8. The average Bonchev–Trinajstić information content (AvgIpc) is 2.75. The van der Waals surface area contributed by atoms with Crippen LogP contribution in [0, 0.1) is 5.92 Å². The summed E-state index contributed by atoms with van der Waals surface area (Å²) < 4.78 is 0. The highest BCUT2D eigenvalue weighted by Crippen LogP contribution is 2.27. The van der Waals surface area contributed by atoms with E-state index in [4.69, 9.17) is 5.73 Å². The molecule has 0 radical (unpaired) electrons. The maximum Gasteiger partial charge on any atom is 0.0125 e. The molecule has 1 heteroatoms. The minimum absolute atomic E-state index is 0.00285. The van der Waals surface area contributed by atoms with Crippen LogP contribution in [0.5, 0.6) is 0 Å². The molecule has 1 unspecified atom stereocenters. The van der Waals surface area contributed by atoms with Gasteiger partial charge in [0.1, 0.15) is 0 Å². The van der Waals surface area contributed by atoms with Gasteiger partial charge in [-0.3, -0.25) is 0 Å². The molecule has 0 aromatic carbocycles. The Morgan fingerprint density at radius 1 is 0.406 bits per heavy atom. The maximum absolute atomic E-state index is 6.54. The van der Waals surface area contributed by atoms with Crippen LogP contribution in [0.15, 0.2) is 0 Å². The minimum Gasteiger partial charge on any atom is -0.325 e. The van der Waals surface area contributed by atoms with Gasteiger partial charge in [0.05, 0.1) is 0 Å². The Kier molecular flexibility index (Phi) is 24.1. The van der Waals surface area contributed by atoms with E-state index in [-0.39, 0.29) is 5.54 Å². The summed E-state index contributed by atoms with van der Waals surface area (Å²) in [5.74, 6) is 0.713. The summed E-state index contributed by atoms with van der Waals surface area (Å²) in [5.41, 5.74) is 6.53. The first kappa shape index (κ1) is 32.0. The summed E-state index contributed by atoms with van der Waals surface area (Å²) in [7, 11) is 0. The van der Waals surface area contributed by atoms with Gasteiger partial charge >= 0.3 is 0 Å². The topological polar surface area (TPSA) is 26.0 Å². The third-order valence-electron chi connectivity index (χ3n) is 7.61. The molecular weight excluding hydrogens is 386 g/mol. The number of unbranched alkanes of at least 4 members (excludes halogenated alkanes) is 21. The molecule has 32 heavy (non-hydrogen) atoms. The van der Waals surface area contributed by atoms with E-state index < -0.39 is 0 Å². The summed E-state index contributed by atoms with van der Waals surface area (Å²) in [4.78, 5) is 0. The van der Waals surface area contributed by atoms with Gasteiger partial charge in [-0.1, -0.05) is 162 Å². The normalized spacial score (nSPS) is 13.0. The molecule has 0 aromatic heterocycles. The molecule has 0 aliphatic heterocycles. The molecule has 1 nitrogen and oxygen atoms in total. The molecule has 0 aliphatic carbocycles. The Hall–Kier alpha value is -0.0400. The van der Waals surface area contributed by atoms with Crippen molar-refractivity contribution in [2.75, 3.05) is 0 Å². The van der Waals surface area contributed by atoms with Crippen molar-refractivity contribution in [3.63, 3.8) is 0 Å². The number of rotatable bonds is 26. The van der Waals surface area contributed by atoms with Crippen LogP contribution in [0.3, 0.4) is 0 Å². The van der Waals surface area contributed by atoms with E-state index in [2.05, 4.69) is 27.7 Å². The first-order chi connectivity index (χ1) is 15.5. The first-order valence-electron chi connectivity index (χ1n) is 15.3. The number of hydrogen-bond donors (Lipinski definition) is 1. The third kappa shape index (κ3) is 23.1. The minimum atomic E-state index is -0.00285. The molecule has 0 rings (SSSR count). The molecule has 0 bridgehead atoms. The van der Waals surface area contributed by atoms with Crippen LogP contribution in [0.25, 0.3) is 0 Å². The monoisotopic (exact) mass is 452 g/mol. The lowest BCUT2D eigenvalue weighted by Crippen LogP contribution is -2.40. The Morgan fingerprint density at radius 3 is 0.844 bits per heavy atom. The fourth-order valence-electron chi connectivity index (χ4n) is 5.18. The van der Waals surface area contributed by atoms with Crippen LogP contribution in [0.2, 0.25) is 0 Å². The molecular formula is C31H65N. The lowest BCUT2D eigenvalue weighted by molar-refractivity contribution is 0.267. The average molecular weight is 452 g/mol. The zero-order valence-electron chi connectivity index (χ0n) is 23.3. The van der Waals surface area contributed by atoms with Crippen molar-refractivity contribution in [2.24, 2.45) is 11.7 Å². The largest absolute Gasteiger partial charge is 0.325 e. The third-order valence-corrected chi connectivity index (χ3v) is 7.61. The van der Waals surface area contributed by atoms with Crippen molar-refractivity contribution < 1.29 is 0 Å². The van der Waals surface area contributed by atoms with E-state index >= 15 is 0 Å². The molecule has 0 amide bonds. The lowest BCUT2D eigenvalue weighted by Gasteiger charge is -2.31. The molecule has 0 aliphatic rings. The summed E-state index contributed by atoms with van der Waals surface area (Å²) in [6.07, 6.45) is 35.7. The van der Waals surface area contributed by atoms with E-state index in [9.17, 15) is 0 Å². The number of nitrogens with two attached hydrogens (primary N) is 1. The molecule has 2 N–H and O–H groups in total. The molecule has 1 atom stereocenters. The van der Waals surface area contributed by atoms with Crippen molar-refractivity contribution in [2.45, 2.75) is 194 Å². The van der Waals surface area contributed by atoms with Crippen LogP contribution >= 0.6 is 0 Å². The van der Waals surface area contributed by atoms with Gasteiger partial charge in [-0.15, -0.1) is 0 Å². The van der Waals surface area contributed by atoms with Crippen molar-refractivity contribution in [1.82, 2.24) is 0 Å². The highest BCUT2D eigenvalue weighted by atomic mass is 14.7. The molecule has 194 valence electrons. The van der Waals surface area contributed by atoms with E-state index in [1.807, 2.05) is 0 Å². The fourth-order valence-corrected chi connectivity index (χ4v) is 5.18. The van der Waals surface area contributed by atoms with Crippen LogP contribution in [-0.4, -0.2) is 5.54 Å². The van der Waals surface area contributed by atoms with Crippen LogP contribution in [0.1, 0.15) is 188 Å². The molecule has 0 saturated carbocycles. The zero-order valence-corrected chi connectivity index (χ0v) is 23.3. The van der Waals surface area contributed by atoms with Gasteiger partial charge in [0, 0.05) is 5.54 Å². The molecule has 0 aromatic rings. The van der Waals surface area contributed by atoms with Gasteiger partial charge in [-0.2, -0.15) is 0 Å². The molecule has 0 heterocycles. The quantitative estimate of drug-likeness (QED) is 0.130.